The minimum absolute atomic E-state index is 0.555. The molecule has 0 radical (unpaired) electrons. The Labute approximate surface area is 134 Å². The minimum Gasteiger partial charge on any atom is -0.185 e. The molecule has 116 valence electrons. The first kappa shape index (κ1) is 19.7. The number of aryl methyl sites for hydroxylation is 1. The second-order valence-corrected chi connectivity index (χ2v) is 5.85. The van der Waals surface area contributed by atoms with Gasteiger partial charge in [-0.1, -0.05) is 53.1 Å². The third-order valence-corrected chi connectivity index (χ3v) is 3.43. The van der Waals surface area contributed by atoms with Crippen LogP contribution >= 0.6 is 11.6 Å². The lowest BCUT2D eigenvalue weighted by Crippen LogP contribution is -1.81. The summed E-state index contributed by atoms with van der Waals surface area (Å²) in [5.41, 5.74) is 3.52. The highest BCUT2D eigenvalue weighted by molar-refractivity contribution is 7.71. The van der Waals surface area contributed by atoms with Crippen LogP contribution in [0.2, 0.25) is 0 Å². The van der Waals surface area contributed by atoms with Crippen LogP contribution in [0.25, 0.3) is 0 Å². The lowest BCUT2D eigenvalue weighted by molar-refractivity contribution is 0.627. The molecule has 0 aliphatic heterocycles. The summed E-state index contributed by atoms with van der Waals surface area (Å²) in [6.45, 7) is 5.97. The number of allylic oxidation sites excluding steroid dienone is 4. The van der Waals surface area contributed by atoms with E-state index in [9.17, 15) is 8.42 Å². The summed E-state index contributed by atoms with van der Waals surface area (Å²) in [6.07, 6.45) is 5.45. The minimum atomic E-state index is -2.09. The van der Waals surface area contributed by atoms with Crippen LogP contribution in [-0.4, -0.2) is 19.7 Å². The van der Waals surface area contributed by atoms with Crippen molar-refractivity contribution in [2.75, 3.05) is 5.88 Å². The molecule has 0 spiro atoms. The Balaban J connectivity index is 0.000000471. The van der Waals surface area contributed by atoms with Crippen molar-refractivity contribution in [2.24, 2.45) is 0 Å². The van der Waals surface area contributed by atoms with E-state index in [0.29, 0.717) is 5.88 Å². The summed E-state index contributed by atoms with van der Waals surface area (Å²) in [5, 5.41) is 1.16. The maximum absolute atomic E-state index is 10.2. The van der Waals surface area contributed by atoms with Crippen LogP contribution in [0.15, 0.2) is 53.6 Å². The number of alkyl halides is 1. The highest BCUT2D eigenvalue weighted by Gasteiger charge is 1.89. The molecule has 21 heavy (non-hydrogen) atoms. The summed E-state index contributed by atoms with van der Waals surface area (Å²) >= 11 is 5.60. The standard InChI is InChI=1S/C10H15ClO2S.C7H8/c1-9(6-7-14(12)13)4-3-5-10(2)8-11;1-7-5-3-2-4-6-7/h5-7H,3-4,8H2,1-2H3;2-6H,1H3. The molecule has 1 rings (SSSR count). The van der Waals surface area contributed by atoms with Crippen LogP contribution in [0.5, 0.6) is 0 Å². The van der Waals surface area contributed by atoms with Gasteiger partial charge in [0.05, 0.1) is 5.37 Å². The Morgan fingerprint density at radius 3 is 2.19 bits per heavy atom. The van der Waals surface area contributed by atoms with E-state index in [1.54, 1.807) is 6.08 Å². The van der Waals surface area contributed by atoms with Crippen molar-refractivity contribution >= 4 is 27.3 Å². The van der Waals surface area contributed by atoms with E-state index in [-0.39, 0.29) is 0 Å². The van der Waals surface area contributed by atoms with Gasteiger partial charge in [0.2, 0.25) is 10.3 Å². The Morgan fingerprint density at radius 1 is 1.14 bits per heavy atom. The molecule has 0 aliphatic carbocycles. The first-order chi connectivity index (χ1) is 9.95. The van der Waals surface area contributed by atoms with Crippen molar-refractivity contribution in [2.45, 2.75) is 33.6 Å². The quantitative estimate of drug-likeness (QED) is 0.343. The van der Waals surface area contributed by atoms with Crippen molar-refractivity contribution in [3.8, 4) is 0 Å². The highest BCUT2D eigenvalue weighted by Crippen LogP contribution is 2.06. The third kappa shape index (κ3) is 13.4. The first-order valence-corrected chi connectivity index (χ1v) is 8.45. The molecule has 0 fully saturated rings. The number of benzene rings is 1. The molecule has 4 heteroatoms. The second kappa shape index (κ2) is 12.4. The summed E-state index contributed by atoms with van der Waals surface area (Å²) in [4.78, 5) is 0. The van der Waals surface area contributed by atoms with Gasteiger partial charge in [-0.3, -0.25) is 0 Å². The summed E-state index contributed by atoms with van der Waals surface area (Å²) < 4.78 is 20.4. The monoisotopic (exact) mass is 326 g/mol. The van der Waals surface area contributed by atoms with Crippen molar-refractivity contribution in [1.29, 1.82) is 0 Å². The molecule has 0 atom stereocenters. The van der Waals surface area contributed by atoms with Gasteiger partial charge in [-0.05, 0) is 39.7 Å². The SMILES string of the molecule is CC(=CCCC(C)=CC=S(=O)=O)CCl.Cc1ccccc1. The molecule has 2 nitrogen and oxygen atoms in total. The Bertz CT molecular complexity index is 576. The maximum atomic E-state index is 10.2. The molecule has 0 saturated carbocycles. The Hall–Kier alpha value is -1.32. The summed E-state index contributed by atoms with van der Waals surface area (Å²) in [7, 11) is -2.09. The van der Waals surface area contributed by atoms with Crippen LogP contribution in [0.3, 0.4) is 0 Å². The highest BCUT2D eigenvalue weighted by atomic mass is 35.5. The predicted octanol–water partition coefficient (Wildman–Crippen LogP) is 4.57. The molecule has 1 aromatic carbocycles. The van der Waals surface area contributed by atoms with E-state index in [1.165, 1.54) is 5.56 Å². The first-order valence-electron chi connectivity index (χ1n) is 6.77. The molecule has 0 aromatic heterocycles. The molecule has 0 unspecified atom stereocenters. The van der Waals surface area contributed by atoms with Crippen LogP contribution in [0.4, 0.5) is 0 Å². The van der Waals surface area contributed by atoms with E-state index < -0.39 is 10.3 Å². The lowest BCUT2D eigenvalue weighted by Gasteiger charge is -1.96. The normalized spacial score (nSPS) is 11.4. The van der Waals surface area contributed by atoms with E-state index >= 15 is 0 Å². The van der Waals surface area contributed by atoms with E-state index in [2.05, 4.69) is 25.1 Å². The Kier molecular flexibility index (Phi) is 11.6. The molecule has 0 amide bonds. The molecule has 0 saturated heterocycles. The van der Waals surface area contributed by atoms with Gasteiger partial charge in [0.1, 0.15) is 0 Å². The van der Waals surface area contributed by atoms with Crippen LogP contribution in [0, 0.1) is 6.92 Å². The largest absolute Gasteiger partial charge is 0.214 e. The zero-order valence-corrected chi connectivity index (χ0v) is 14.4. The number of rotatable bonds is 5. The van der Waals surface area contributed by atoms with Crippen LogP contribution < -0.4 is 0 Å². The fourth-order valence-corrected chi connectivity index (χ4v) is 1.84. The van der Waals surface area contributed by atoms with Gasteiger partial charge >= 0.3 is 0 Å². The van der Waals surface area contributed by atoms with Crippen LogP contribution in [-0.2, 0) is 10.3 Å². The number of hydrogen-bond acceptors (Lipinski definition) is 2. The zero-order valence-electron chi connectivity index (χ0n) is 12.8. The smallest absolute Gasteiger partial charge is 0.185 e. The lowest BCUT2D eigenvalue weighted by atomic mass is 10.1. The van der Waals surface area contributed by atoms with E-state index in [1.807, 2.05) is 32.0 Å². The van der Waals surface area contributed by atoms with E-state index in [0.717, 1.165) is 29.4 Å². The Morgan fingerprint density at radius 2 is 1.76 bits per heavy atom. The number of halogens is 1. The van der Waals surface area contributed by atoms with Gasteiger partial charge in [-0.25, -0.2) is 0 Å². The molecule has 0 aliphatic rings. The molecule has 0 N–H and O–H groups in total. The molecule has 0 heterocycles. The van der Waals surface area contributed by atoms with Crippen molar-refractivity contribution in [3.63, 3.8) is 0 Å². The maximum Gasteiger partial charge on any atom is 0.214 e. The van der Waals surface area contributed by atoms with Crippen molar-refractivity contribution in [1.82, 2.24) is 0 Å². The summed E-state index contributed by atoms with van der Waals surface area (Å²) in [6, 6.07) is 10.3. The fraction of sp³-hybridized carbons (Fsp3) is 0.353. The third-order valence-electron chi connectivity index (χ3n) is 2.65. The van der Waals surface area contributed by atoms with Gasteiger partial charge in [0, 0.05) is 5.88 Å². The van der Waals surface area contributed by atoms with Gasteiger partial charge in [0.15, 0.2) is 0 Å². The molecular formula is C17H23ClO2S. The van der Waals surface area contributed by atoms with Gasteiger partial charge in [-0.15, -0.1) is 11.6 Å². The molecule has 1 aromatic rings. The molecule has 0 bridgehead atoms. The van der Waals surface area contributed by atoms with Crippen LogP contribution in [0.1, 0.15) is 32.3 Å². The molecular weight excluding hydrogens is 304 g/mol. The topological polar surface area (TPSA) is 34.1 Å². The van der Waals surface area contributed by atoms with Gasteiger partial charge < -0.3 is 0 Å². The second-order valence-electron chi connectivity index (χ2n) is 4.79. The van der Waals surface area contributed by atoms with Crippen molar-refractivity contribution < 1.29 is 8.42 Å². The average Bonchev–Trinajstić information content (AvgIpc) is 2.46. The summed E-state index contributed by atoms with van der Waals surface area (Å²) in [5.74, 6) is 0.555. The van der Waals surface area contributed by atoms with E-state index in [4.69, 9.17) is 11.6 Å². The number of hydrogen-bond donors (Lipinski definition) is 0. The predicted molar refractivity (Wildman–Crippen MR) is 93.6 cm³/mol. The fourth-order valence-electron chi connectivity index (χ4n) is 1.39. The van der Waals surface area contributed by atoms with Crippen molar-refractivity contribution in [3.05, 3.63) is 59.2 Å². The van der Waals surface area contributed by atoms with Gasteiger partial charge in [0.25, 0.3) is 0 Å². The average molecular weight is 327 g/mol. The van der Waals surface area contributed by atoms with Gasteiger partial charge in [-0.2, -0.15) is 8.42 Å². The zero-order chi connectivity index (χ0) is 16.1.